The van der Waals surface area contributed by atoms with Crippen molar-refractivity contribution in [3.05, 3.63) is 23.8 Å². The number of ether oxygens (including phenoxy) is 1. The van der Waals surface area contributed by atoms with Crippen LogP contribution >= 0.6 is 11.8 Å². The van der Waals surface area contributed by atoms with Crippen LogP contribution in [0.1, 0.15) is 43.0 Å². The van der Waals surface area contributed by atoms with E-state index in [1.165, 1.54) is 11.8 Å². The molecule has 1 atom stereocenters. The lowest BCUT2D eigenvalue weighted by molar-refractivity contribution is -0.143. The number of esters is 1. The molecular weight excluding hydrogens is 352 g/mol. The van der Waals surface area contributed by atoms with E-state index in [0.29, 0.717) is 42.5 Å². The molecule has 0 unspecified atom stereocenters. The Bertz CT molecular complexity index is 707. The van der Waals surface area contributed by atoms with Crippen LogP contribution in [0.15, 0.2) is 23.1 Å². The number of fused-ring (bicyclic) bond motifs is 1. The second kappa shape index (κ2) is 8.58. The van der Waals surface area contributed by atoms with Crippen molar-refractivity contribution >= 4 is 35.2 Å². The van der Waals surface area contributed by atoms with E-state index >= 15 is 0 Å². The third kappa shape index (κ3) is 4.58. The molecule has 0 saturated carbocycles. The van der Waals surface area contributed by atoms with Gasteiger partial charge >= 0.3 is 5.97 Å². The Morgan fingerprint density at radius 3 is 3.04 bits per heavy atom. The zero-order valence-corrected chi connectivity index (χ0v) is 15.8. The number of hydrogen-bond donors (Lipinski definition) is 1. The first-order valence-electron chi connectivity index (χ1n) is 9.08. The number of rotatable bonds is 5. The van der Waals surface area contributed by atoms with Gasteiger partial charge in [0, 0.05) is 30.0 Å². The summed E-state index contributed by atoms with van der Waals surface area (Å²) in [6.45, 7) is 3.60. The molecule has 0 radical (unpaired) electrons. The summed E-state index contributed by atoms with van der Waals surface area (Å²) < 4.78 is 4.98. The SMILES string of the molecule is CCOC(=O)CC[C@@H]1CCCN(C(=O)c2ccc3c(c2)NC(=O)CS3)C1. The standard InChI is InChI=1S/C19H24N2O4S/c1-2-25-18(23)8-5-13-4-3-9-21(11-13)19(24)14-6-7-16-15(10-14)20-17(22)12-26-16/h6-7,10,13H,2-5,8-9,11-12H2,1H3,(H,20,22)/t13-/m0/s1. The van der Waals surface area contributed by atoms with E-state index in [1.807, 2.05) is 17.0 Å². The summed E-state index contributed by atoms with van der Waals surface area (Å²) in [5, 5.41) is 2.83. The molecule has 1 saturated heterocycles. The summed E-state index contributed by atoms with van der Waals surface area (Å²) >= 11 is 1.49. The monoisotopic (exact) mass is 376 g/mol. The molecule has 6 nitrogen and oxygen atoms in total. The summed E-state index contributed by atoms with van der Waals surface area (Å²) in [7, 11) is 0. The Kier molecular flexibility index (Phi) is 6.19. The molecule has 2 aliphatic rings. The molecule has 2 heterocycles. The van der Waals surface area contributed by atoms with E-state index in [-0.39, 0.29) is 17.8 Å². The van der Waals surface area contributed by atoms with E-state index in [1.54, 1.807) is 13.0 Å². The van der Waals surface area contributed by atoms with E-state index < -0.39 is 0 Å². The van der Waals surface area contributed by atoms with Crippen molar-refractivity contribution in [3.63, 3.8) is 0 Å². The summed E-state index contributed by atoms with van der Waals surface area (Å²) in [5.41, 5.74) is 1.31. The number of thioether (sulfide) groups is 1. The normalized spacial score (nSPS) is 19.5. The van der Waals surface area contributed by atoms with Crippen molar-refractivity contribution in [1.29, 1.82) is 0 Å². The summed E-state index contributed by atoms with van der Waals surface area (Å²) in [6, 6.07) is 5.49. The zero-order valence-electron chi connectivity index (χ0n) is 15.0. The molecule has 3 rings (SSSR count). The topological polar surface area (TPSA) is 75.7 Å². The van der Waals surface area contributed by atoms with Crippen LogP contribution in [0, 0.1) is 5.92 Å². The highest BCUT2D eigenvalue weighted by molar-refractivity contribution is 8.00. The Balaban J connectivity index is 1.61. The van der Waals surface area contributed by atoms with Crippen molar-refractivity contribution < 1.29 is 19.1 Å². The number of nitrogens with zero attached hydrogens (tertiary/aromatic N) is 1. The maximum absolute atomic E-state index is 12.9. The molecule has 1 N–H and O–H groups in total. The molecule has 0 aromatic heterocycles. The molecule has 2 amide bonds. The van der Waals surface area contributed by atoms with E-state index in [2.05, 4.69) is 5.32 Å². The lowest BCUT2D eigenvalue weighted by Gasteiger charge is -2.33. The first-order chi connectivity index (χ1) is 12.6. The van der Waals surface area contributed by atoms with Crippen molar-refractivity contribution in [2.24, 2.45) is 5.92 Å². The van der Waals surface area contributed by atoms with Crippen LogP contribution in [0.5, 0.6) is 0 Å². The van der Waals surface area contributed by atoms with Gasteiger partial charge in [-0.15, -0.1) is 11.8 Å². The predicted octanol–water partition coefficient (Wildman–Crippen LogP) is 2.93. The van der Waals surface area contributed by atoms with Crippen LogP contribution < -0.4 is 5.32 Å². The lowest BCUT2D eigenvalue weighted by Crippen LogP contribution is -2.40. The third-order valence-electron chi connectivity index (χ3n) is 4.73. The van der Waals surface area contributed by atoms with E-state index in [9.17, 15) is 14.4 Å². The molecular formula is C19H24N2O4S. The Morgan fingerprint density at radius 1 is 1.38 bits per heavy atom. The zero-order chi connectivity index (χ0) is 18.5. The van der Waals surface area contributed by atoms with Gasteiger partial charge in [0.15, 0.2) is 0 Å². The number of likely N-dealkylation sites (tertiary alicyclic amines) is 1. The van der Waals surface area contributed by atoms with Crippen LogP contribution in [0.4, 0.5) is 5.69 Å². The minimum absolute atomic E-state index is 0.0153. The first-order valence-corrected chi connectivity index (χ1v) is 10.1. The highest BCUT2D eigenvalue weighted by Gasteiger charge is 2.26. The molecule has 0 spiro atoms. The van der Waals surface area contributed by atoms with Gasteiger partial charge < -0.3 is 15.0 Å². The fraction of sp³-hybridized carbons (Fsp3) is 0.526. The molecule has 1 aromatic carbocycles. The summed E-state index contributed by atoms with van der Waals surface area (Å²) in [4.78, 5) is 38.8. The van der Waals surface area contributed by atoms with Gasteiger partial charge in [-0.2, -0.15) is 0 Å². The number of carbonyl (C=O) groups excluding carboxylic acids is 3. The summed E-state index contributed by atoms with van der Waals surface area (Å²) in [5.74, 6) is 0.514. The second-order valence-corrected chi connectivity index (χ2v) is 7.67. The second-order valence-electron chi connectivity index (χ2n) is 6.65. The number of nitrogens with one attached hydrogen (secondary N) is 1. The van der Waals surface area contributed by atoms with E-state index in [4.69, 9.17) is 4.74 Å². The van der Waals surface area contributed by atoms with Crippen LogP contribution in [-0.4, -0.2) is 48.1 Å². The van der Waals surface area contributed by atoms with Crippen molar-refractivity contribution in [1.82, 2.24) is 4.90 Å². The van der Waals surface area contributed by atoms with Crippen LogP contribution in [0.3, 0.4) is 0 Å². The minimum atomic E-state index is -0.168. The van der Waals surface area contributed by atoms with Crippen molar-refractivity contribution in [2.45, 2.75) is 37.5 Å². The number of carbonyl (C=O) groups is 3. The van der Waals surface area contributed by atoms with Crippen LogP contribution in [0.2, 0.25) is 0 Å². The highest BCUT2D eigenvalue weighted by atomic mass is 32.2. The number of benzene rings is 1. The van der Waals surface area contributed by atoms with Crippen molar-refractivity contribution in [3.8, 4) is 0 Å². The molecule has 140 valence electrons. The highest BCUT2D eigenvalue weighted by Crippen LogP contribution is 2.32. The Labute approximate surface area is 157 Å². The van der Waals surface area contributed by atoms with Gasteiger partial charge in [0.05, 0.1) is 18.0 Å². The molecule has 0 aliphatic carbocycles. The average molecular weight is 376 g/mol. The van der Waals surface area contributed by atoms with Gasteiger partial charge in [-0.1, -0.05) is 0 Å². The quantitative estimate of drug-likeness (QED) is 0.800. The molecule has 1 aromatic rings. The van der Waals surface area contributed by atoms with Gasteiger partial charge in [0.25, 0.3) is 5.91 Å². The van der Waals surface area contributed by atoms with Crippen LogP contribution in [-0.2, 0) is 14.3 Å². The van der Waals surface area contributed by atoms with Gasteiger partial charge in [-0.05, 0) is 50.3 Å². The Morgan fingerprint density at radius 2 is 2.23 bits per heavy atom. The van der Waals surface area contributed by atoms with Gasteiger partial charge in [-0.3, -0.25) is 14.4 Å². The largest absolute Gasteiger partial charge is 0.466 e. The molecule has 7 heteroatoms. The Hall–Kier alpha value is -2.02. The van der Waals surface area contributed by atoms with Gasteiger partial charge in [0.2, 0.25) is 5.91 Å². The maximum atomic E-state index is 12.9. The van der Waals surface area contributed by atoms with Crippen molar-refractivity contribution in [2.75, 3.05) is 30.8 Å². The molecule has 26 heavy (non-hydrogen) atoms. The third-order valence-corrected chi connectivity index (χ3v) is 5.80. The number of amides is 2. The smallest absolute Gasteiger partial charge is 0.305 e. The van der Waals surface area contributed by atoms with Gasteiger partial charge in [0.1, 0.15) is 0 Å². The fourth-order valence-corrected chi connectivity index (χ4v) is 4.23. The van der Waals surface area contributed by atoms with Gasteiger partial charge in [-0.25, -0.2) is 0 Å². The number of hydrogen-bond acceptors (Lipinski definition) is 5. The number of anilines is 1. The predicted molar refractivity (Wildman–Crippen MR) is 100 cm³/mol. The fourth-order valence-electron chi connectivity index (χ4n) is 3.44. The maximum Gasteiger partial charge on any atom is 0.305 e. The molecule has 2 aliphatic heterocycles. The molecule has 0 bridgehead atoms. The minimum Gasteiger partial charge on any atom is -0.466 e. The number of piperidine rings is 1. The average Bonchev–Trinajstić information content (AvgIpc) is 2.65. The lowest BCUT2D eigenvalue weighted by atomic mass is 9.93. The summed E-state index contributed by atoms with van der Waals surface area (Å²) in [6.07, 6.45) is 3.12. The molecule has 1 fully saturated rings. The first kappa shape index (κ1) is 18.8. The van der Waals surface area contributed by atoms with Crippen LogP contribution in [0.25, 0.3) is 0 Å². The van der Waals surface area contributed by atoms with E-state index in [0.717, 1.165) is 30.7 Å².